The molecule has 3 unspecified atom stereocenters. The Balaban J connectivity index is 2.67. The van der Waals surface area contributed by atoms with Gasteiger partial charge in [-0.3, -0.25) is 4.79 Å². The van der Waals surface area contributed by atoms with Gasteiger partial charge in [0.2, 0.25) is 0 Å². The van der Waals surface area contributed by atoms with Crippen LogP contribution in [0.1, 0.15) is 52.4 Å². The van der Waals surface area contributed by atoms with Crippen molar-refractivity contribution in [2.75, 3.05) is 6.61 Å². The van der Waals surface area contributed by atoms with Crippen molar-refractivity contribution in [2.24, 2.45) is 21.9 Å². The maximum Gasteiger partial charge on any atom is 0.308 e. The molecule has 0 aromatic carbocycles. The maximum atomic E-state index is 11.9. The smallest absolute Gasteiger partial charge is 0.308 e. The molecule has 140 valence electrons. The Morgan fingerprint density at radius 2 is 2.12 bits per heavy atom. The summed E-state index contributed by atoms with van der Waals surface area (Å²) in [4.78, 5) is 16.5. The Morgan fingerprint density at radius 3 is 2.68 bits per heavy atom. The predicted octanol–water partition coefficient (Wildman–Crippen LogP) is 4.74. The summed E-state index contributed by atoms with van der Waals surface area (Å²) in [5.74, 6) is 0.896. The molecule has 25 heavy (non-hydrogen) atoms. The number of halogens is 1. The van der Waals surface area contributed by atoms with Crippen molar-refractivity contribution in [3.05, 3.63) is 25.1 Å². The molecule has 6 heteroatoms. The molecule has 1 aliphatic carbocycles. The summed E-state index contributed by atoms with van der Waals surface area (Å²) in [6, 6.07) is 0. The summed E-state index contributed by atoms with van der Waals surface area (Å²) >= 11 is 6.04. The number of hydrogen-bond acceptors (Lipinski definition) is 5. The number of hydrazone groups is 1. The Bertz CT molecular complexity index is 517. The van der Waals surface area contributed by atoms with Gasteiger partial charge in [0.25, 0.3) is 0 Å². The van der Waals surface area contributed by atoms with Gasteiger partial charge in [-0.1, -0.05) is 37.6 Å². The van der Waals surface area contributed by atoms with Crippen LogP contribution in [0.4, 0.5) is 0 Å². The average molecular weight is 368 g/mol. The maximum absolute atomic E-state index is 11.9. The zero-order valence-corrected chi connectivity index (χ0v) is 16.2. The molecule has 0 heterocycles. The summed E-state index contributed by atoms with van der Waals surface area (Å²) in [5, 5.41) is 5.31. The van der Waals surface area contributed by atoms with Gasteiger partial charge >= 0.3 is 5.97 Å². The Kier molecular flexibility index (Phi) is 9.50. The summed E-state index contributed by atoms with van der Waals surface area (Å²) in [6.45, 7) is 15.3. The quantitative estimate of drug-likeness (QED) is 0.148. The number of allylic oxidation sites excluding steroid dienone is 1. The van der Waals surface area contributed by atoms with Crippen LogP contribution < -0.4 is 0 Å². The van der Waals surface area contributed by atoms with Gasteiger partial charge in [-0.2, -0.15) is 5.10 Å². The normalized spacial score (nSPS) is 22.4. The number of hydrogen-bond donors (Lipinski definition) is 0. The fourth-order valence-corrected chi connectivity index (χ4v) is 3.34. The minimum absolute atomic E-state index is 0.0293. The second kappa shape index (κ2) is 11.1. The highest BCUT2D eigenvalue weighted by Crippen LogP contribution is 2.30. The van der Waals surface area contributed by atoms with E-state index in [1.54, 1.807) is 13.0 Å². The molecule has 3 atom stereocenters. The fraction of sp³-hybridized carbons (Fsp3) is 0.632. The predicted molar refractivity (Wildman–Crippen MR) is 105 cm³/mol. The summed E-state index contributed by atoms with van der Waals surface area (Å²) < 4.78 is 5.16. The molecule has 0 aliphatic heterocycles. The van der Waals surface area contributed by atoms with E-state index in [1.807, 2.05) is 6.92 Å². The van der Waals surface area contributed by atoms with Crippen LogP contribution in [0, 0.1) is 11.8 Å². The zero-order valence-electron chi connectivity index (χ0n) is 15.4. The van der Waals surface area contributed by atoms with Crippen molar-refractivity contribution >= 4 is 30.0 Å². The first kappa shape index (κ1) is 21.4. The van der Waals surface area contributed by atoms with Crippen LogP contribution in [0.3, 0.4) is 0 Å². The van der Waals surface area contributed by atoms with Crippen molar-refractivity contribution in [1.29, 1.82) is 0 Å². The highest BCUT2D eigenvalue weighted by molar-refractivity contribution is 6.20. The molecule has 0 N–H and O–H groups in total. The van der Waals surface area contributed by atoms with E-state index in [0.717, 1.165) is 44.2 Å². The summed E-state index contributed by atoms with van der Waals surface area (Å²) in [6.07, 6.45) is 7.41. The number of ether oxygens (including phenoxy) is 1. The molecule has 0 spiro atoms. The number of alkyl halides is 1. The van der Waals surface area contributed by atoms with Crippen molar-refractivity contribution in [3.8, 4) is 0 Å². The largest absolute Gasteiger partial charge is 0.466 e. The minimum atomic E-state index is -0.372. The van der Waals surface area contributed by atoms with Gasteiger partial charge in [0.15, 0.2) is 0 Å². The lowest BCUT2D eigenvalue weighted by Crippen LogP contribution is -2.22. The van der Waals surface area contributed by atoms with E-state index in [2.05, 4.69) is 30.0 Å². The lowest BCUT2D eigenvalue weighted by molar-refractivity contribution is -0.148. The van der Waals surface area contributed by atoms with E-state index in [1.165, 1.54) is 5.01 Å². The lowest BCUT2D eigenvalue weighted by atomic mass is 9.93. The van der Waals surface area contributed by atoms with E-state index in [-0.39, 0.29) is 17.4 Å². The van der Waals surface area contributed by atoms with Gasteiger partial charge in [-0.05, 0) is 51.5 Å². The number of nitrogens with zero attached hydrogens (tertiary/aromatic N) is 3. The molecule has 0 aromatic rings. The molecular weight excluding hydrogens is 338 g/mol. The monoisotopic (exact) mass is 367 g/mol. The van der Waals surface area contributed by atoms with Gasteiger partial charge in [0, 0.05) is 12.4 Å². The van der Waals surface area contributed by atoms with E-state index in [0.29, 0.717) is 18.3 Å². The first-order valence-corrected chi connectivity index (χ1v) is 9.32. The minimum Gasteiger partial charge on any atom is -0.466 e. The van der Waals surface area contributed by atoms with Crippen LogP contribution in [0.2, 0.25) is 0 Å². The third-order valence-corrected chi connectivity index (χ3v) is 4.65. The fourth-order valence-electron chi connectivity index (χ4n) is 3.17. The molecule has 0 saturated heterocycles. The molecule has 0 aromatic heterocycles. The first-order valence-electron chi connectivity index (χ1n) is 8.88. The van der Waals surface area contributed by atoms with Crippen molar-refractivity contribution in [2.45, 2.75) is 57.9 Å². The van der Waals surface area contributed by atoms with Crippen molar-refractivity contribution < 1.29 is 9.53 Å². The van der Waals surface area contributed by atoms with Crippen LogP contribution in [0.25, 0.3) is 0 Å². The van der Waals surface area contributed by atoms with Crippen molar-refractivity contribution in [1.82, 2.24) is 5.01 Å². The van der Waals surface area contributed by atoms with E-state index in [9.17, 15) is 4.79 Å². The first-order chi connectivity index (χ1) is 11.9. The van der Waals surface area contributed by atoms with E-state index >= 15 is 0 Å². The lowest BCUT2D eigenvalue weighted by Gasteiger charge is -2.21. The highest BCUT2D eigenvalue weighted by Gasteiger charge is 2.25. The molecule has 0 radical (unpaired) electrons. The Morgan fingerprint density at radius 1 is 1.40 bits per heavy atom. The third-order valence-electron chi connectivity index (χ3n) is 4.47. The topological polar surface area (TPSA) is 54.3 Å². The number of rotatable bonds is 9. The molecule has 1 fully saturated rings. The number of esters is 1. The Labute approximate surface area is 156 Å². The second-order valence-corrected chi connectivity index (χ2v) is 6.94. The van der Waals surface area contributed by atoms with Crippen LogP contribution >= 0.6 is 11.6 Å². The molecule has 1 aliphatic rings. The van der Waals surface area contributed by atoms with Crippen LogP contribution in [-0.4, -0.2) is 35.5 Å². The SMILES string of the molecule is C=C/C(CC1CCCC(C(=O)OCC)CC1)=N\C(=C)N(N=C)C(C)Cl. The highest BCUT2D eigenvalue weighted by atomic mass is 35.5. The molecule has 1 saturated carbocycles. The van der Waals surface area contributed by atoms with Gasteiger partial charge < -0.3 is 4.74 Å². The molecular formula is C19H30ClN3O2. The number of carbonyl (C=O) groups excluding carboxylic acids is 1. The molecule has 0 bridgehead atoms. The summed E-state index contributed by atoms with van der Waals surface area (Å²) in [5.41, 5.74) is 0.485. The Hall–Kier alpha value is -1.62. The van der Waals surface area contributed by atoms with E-state index < -0.39 is 0 Å². The third kappa shape index (κ3) is 7.02. The van der Waals surface area contributed by atoms with Crippen LogP contribution in [0.5, 0.6) is 0 Å². The van der Waals surface area contributed by atoms with E-state index in [4.69, 9.17) is 16.3 Å². The van der Waals surface area contributed by atoms with Crippen LogP contribution in [0.15, 0.2) is 35.1 Å². The van der Waals surface area contributed by atoms with Crippen LogP contribution in [-0.2, 0) is 9.53 Å². The number of carbonyl (C=O) groups is 1. The zero-order chi connectivity index (χ0) is 18.8. The average Bonchev–Trinajstić information content (AvgIpc) is 2.80. The van der Waals surface area contributed by atoms with Gasteiger partial charge in [-0.15, -0.1) is 0 Å². The van der Waals surface area contributed by atoms with Crippen molar-refractivity contribution in [3.63, 3.8) is 0 Å². The molecule has 5 nitrogen and oxygen atoms in total. The van der Waals surface area contributed by atoms with Gasteiger partial charge in [0.05, 0.1) is 12.5 Å². The molecule has 1 rings (SSSR count). The number of aliphatic imine (C=N–C) groups is 1. The molecule has 0 amide bonds. The van der Waals surface area contributed by atoms with Gasteiger partial charge in [-0.25, -0.2) is 10.0 Å². The standard InChI is InChI=1S/C19H30ClN3O2/c1-6-18(22-15(4)23(21-5)14(3)20)13-16-9-8-10-17(12-11-16)19(24)25-7-2/h6,14,16-17H,1,4-5,7-13H2,2-3H3/b22-18+. The summed E-state index contributed by atoms with van der Waals surface area (Å²) in [7, 11) is 0. The second-order valence-electron chi connectivity index (χ2n) is 6.31. The van der Waals surface area contributed by atoms with Gasteiger partial charge in [0.1, 0.15) is 11.3 Å².